The van der Waals surface area contributed by atoms with Gasteiger partial charge in [-0.2, -0.15) is 0 Å². The molecular formula is C18H19NO3. The van der Waals surface area contributed by atoms with Crippen LogP contribution in [0.3, 0.4) is 0 Å². The van der Waals surface area contributed by atoms with E-state index in [2.05, 4.69) is 0 Å². The van der Waals surface area contributed by atoms with Crippen molar-refractivity contribution in [3.63, 3.8) is 0 Å². The summed E-state index contributed by atoms with van der Waals surface area (Å²) in [5.41, 5.74) is 2.96. The summed E-state index contributed by atoms with van der Waals surface area (Å²) in [4.78, 5) is 14.3. The molecule has 22 heavy (non-hydrogen) atoms. The molecule has 2 aromatic carbocycles. The standard InChI is InChI=1S/C18H19NO3/c1-3-19-15-9-8-14(20)11-16(15)22-17(18(19)21)10-13-6-4-12(2)5-7-13/h4-9,11,17,20H,3,10H2,1-2H3. The maximum atomic E-state index is 12.6. The number of phenols is 1. The Morgan fingerprint density at radius 3 is 2.59 bits per heavy atom. The summed E-state index contributed by atoms with van der Waals surface area (Å²) < 4.78 is 5.84. The lowest BCUT2D eigenvalue weighted by atomic mass is 10.0. The van der Waals surface area contributed by atoms with E-state index in [0.717, 1.165) is 5.56 Å². The van der Waals surface area contributed by atoms with Crippen LogP contribution >= 0.6 is 0 Å². The Kier molecular flexibility index (Phi) is 3.75. The van der Waals surface area contributed by atoms with Gasteiger partial charge >= 0.3 is 0 Å². The van der Waals surface area contributed by atoms with Gasteiger partial charge < -0.3 is 14.7 Å². The SMILES string of the molecule is CCN1C(=O)C(Cc2ccc(C)cc2)Oc2cc(O)ccc21. The Balaban J connectivity index is 1.90. The van der Waals surface area contributed by atoms with Crippen LogP contribution in [0.2, 0.25) is 0 Å². The predicted molar refractivity (Wildman–Crippen MR) is 85.4 cm³/mol. The van der Waals surface area contributed by atoms with E-state index in [9.17, 15) is 9.90 Å². The fourth-order valence-corrected chi connectivity index (χ4v) is 2.71. The number of amides is 1. The second-order valence-corrected chi connectivity index (χ2v) is 5.53. The maximum Gasteiger partial charge on any atom is 0.268 e. The van der Waals surface area contributed by atoms with Crippen LogP contribution in [0, 0.1) is 6.92 Å². The fraction of sp³-hybridized carbons (Fsp3) is 0.278. The van der Waals surface area contributed by atoms with Crippen LogP contribution in [0.15, 0.2) is 42.5 Å². The number of likely N-dealkylation sites (N-methyl/N-ethyl adjacent to an activating group) is 1. The van der Waals surface area contributed by atoms with Crippen LogP contribution in [0.5, 0.6) is 11.5 Å². The van der Waals surface area contributed by atoms with Gasteiger partial charge in [-0.25, -0.2) is 0 Å². The van der Waals surface area contributed by atoms with E-state index in [4.69, 9.17) is 4.74 Å². The van der Waals surface area contributed by atoms with Crippen LogP contribution in [0.25, 0.3) is 0 Å². The van der Waals surface area contributed by atoms with Crippen molar-refractivity contribution in [2.24, 2.45) is 0 Å². The molecule has 2 aromatic rings. The Bertz CT molecular complexity index is 694. The van der Waals surface area contributed by atoms with Gasteiger partial charge in [0, 0.05) is 19.0 Å². The highest BCUT2D eigenvalue weighted by molar-refractivity contribution is 6.00. The van der Waals surface area contributed by atoms with Gasteiger partial charge in [0.25, 0.3) is 5.91 Å². The first-order valence-electron chi connectivity index (χ1n) is 7.45. The zero-order valence-corrected chi connectivity index (χ0v) is 12.7. The van der Waals surface area contributed by atoms with Gasteiger partial charge in [0.05, 0.1) is 5.69 Å². The Labute approximate surface area is 130 Å². The van der Waals surface area contributed by atoms with Crippen molar-refractivity contribution in [2.45, 2.75) is 26.4 Å². The first-order chi connectivity index (χ1) is 10.6. The van der Waals surface area contributed by atoms with Crippen molar-refractivity contribution in [3.8, 4) is 11.5 Å². The Morgan fingerprint density at radius 1 is 1.18 bits per heavy atom. The summed E-state index contributed by atoms with van der Waals surface area (Å²) >= 11 is 0. The average molecular weight is 297 g/mol. The number of carbonyl (C=O) groups is 1. The zero-order valence-electron chi connectivity index (χ0n) is 12.7. The van der Waals surface area contributed by atoms with E-state index in [1.807, 2.05) is 38.1 Å². The number of fused-ring (bicyclic) bond motifs is 1. The Morgan fingerprint density at radius 2 is 1.91 bits per heavy atom. The summed E-state index contributed by atoms with van der Waals surface area (Å²) in [6, 6.07) is 12.9. The first kappa shape index (κ1) is 14.4. The van der Waals surface area contributed by atoms with Gasteiger partial charge in [0.1, 0.15) is 11.5 Å². The number of aromatic hydroxyl groups is 1. The summed E-state index contributed by atoms with van der Waals surface area (Å²) in [6.07, 6.45) is -0.0398. The third-order valence-electron chi connectivity index (χ3n) is 3.90. The molecule has 1 N–H and O–H groups in total. The van der Waals surface area contributed by atoms with Gasteiger partial charge in [-0.3, -0.25) is 4.79 Å². The van der Waals surface area contributed by atoms with Gasteiger partial charge in [0.2, 0.25) is 0 Å². The molecule has 1 aliphatic heterocycles. The van der Waals surface area contributed by atoms with E-state index in [1.54, 1.807) is 23.1 Å². The van der Waals surface area contributed by atoms with Crippen LogP contribution < -0.4 is 9.64 Å². The minimum Gasteiger partial charge on any atom is -0.508 e. The number of nitrogens with zero attached hydrogens (tertiary/aromatic N) is 1. The van der Waals surface area contributed by atoms with Crippen molar-refractivity contribution < 1.29 is 14.6 Å². The average Bonchev–Trinajstić information content (AvgIpc) is 2.50. The summed E-state index contributed by atoms with van der Waals surface area (Å²) in [6.45, 7) is 4.54. The third-order valence-corrected chi connectivity index (χ3v) is 3.90. The first-order valence-corrected chi connectivity index (χ1v) is 7.45. The largest absolute Gasteiger partial charge is 0.508 e. The molecule has 114 valence electrons. The molecule has 0 fully saturated rings. The minimum absolute atomic E-state index is 0.0405. The normalized spacial score (nSPS) is 17.1. The zero-order chi connectivity index (χ0) is 15.7. The molecule has 0 radical (unpaired) electrons. The molecule has 1 unspecified atom stereocenters. The van der Waals surface area contributed by atoms with Gasteiger partial charge in [-0.05, 0) is 31.5 Å². The molecule has 1 amide bonds. The highest BCUT2D eigenvalue weighted by Crippen LogP contribution is 2.37. The van der Waals surface area contributed by atoms with E-state index >= 15 is 0 Å². The number of aryl methyl sites for hydroxylation is 1. The van der Waals surface area contributed by atoms with Crippen LogP contribution in [-0.2, 0) is 11.2 Å². The maximum absolute atomic E-state index is 12.6. The minimum atomic E-state index is -0.558. The molecule has 1 aliphatic rings. The van der Waals surface area contributed by atoms with Crippen LogP contribution in [0.4, 0.5) is 5.69 Å². The number of phenolic OH excluding ortho intramolecular Hbond substituents is 1. The molecular weight excluding hydrogens is 278 g/mol. The lowest BCUT2D eigenvalue weighted by Crippen LogP contribution is -2.46. The second kappa shape index (κ2) is 5.72. The lowest BCUT2D eigenvalue weighted by molar-refractivity contribution is -0.126. The molecule has 0 spiro atoms. The van der Waals surface area contributed by atoms with Gasteiger partial charge in [-0.15, -0.1) is 0 Å². The van der Waals surface area contributed by atoms with Crippen molar-refractivity contribution in [2.75, 3.05) is 11.4 Å². The fourth-order valence-electron chi connectivity index (χ4n) is 2.71. The van der Waals surface area contributed by atoms with E-state index in [0.29, 0.717) is 24.4 Å². The topological polar surface area (TPSA) is 49.8 Å². The molecule has 0 saturated heterocycles. The summed E-state index contributed by atoms with van der Waals surface area (Å²) in [7, 11) is 0. The van der Waals surface area contributed by atoms with E-state index < -0.39 is 6.10 Å². The molecule has 4 heteroatoms. The van der Waals surface area contributed by atoms with Crippen molar-refractivity contribution in [3.05, 3.63) is 53.6 Å². The molecule has 1 heterocycles. The number of hydrogen-bond acceptors (Lipinski definition) is 3. The summed E-state index contributed by atoms with van der Waals surface area (Å²) in [5, 5.41) is 9.64. The van der Waals surface area contributed by atoms with E-state index in [1.165, 1.54) is 5.56 Å². The second-order valence-electron chi connectivity index (χ2n) is 5.53. The number of benzene rings is 2. The lowest BCUT2D eigenvalue weighted by Gasteiger charge is -2.33. The molecule has 1 atom stereocenters. The molecule has 4 nitrogen and oxygen atoms in total. The number of rotatable bonds is 3. The van der Waals surface area contributed by atoms with Gasteiger partial charge in [-0.1, -0.05) is 29.8 Å². The quantitative estimate of drug-likeness (QED) is 0.947. The van der Waals surface area contributed by atoms with Crippen molar-refractivity contribution in [1.29, 1.82) is 0 Å². The third kappa shape index (κ3) is 2.64. The molecule has 0 saturated carbocycles. The van der Waals surface area contributed by atoms with Crippen molar-refractivity contribution in [1.82, 2.24) is 0 Å². The smallest absolute Gasteiger partial charge is 0.268 e. The highest BCUT2D eigenvalue weighted by Gasteiger charge is 2.33. The van der Waals surface area contributed by atoms with Crippen molar-refractivity contribution >= 4 is 11.6 Å². The van der Waals surface area contributed by atoms with E-state index in [-0.39, 0.29) is 11.7 Å². The number of ether oxygens (including phenoxy) is 1. The van der Waals surface area contributed by atoms with Crippen LogP contribution in [0.1, 0.15) is 18.1 Å². The number of hydrogen-bond donors (Lipinski definition) is 1. The van der Waals surface area contributed by atoms with Gasteiger partial charge in [0.15, 0.2) is 6.10 Å². The summed E-state index contributed by atoms with van der Waals surface area (Å²) in [5.74, 6) is 0.651. The van der Waals surface area contributed by atoms with Crippen LogP contribution in [-0.4, -0.2) is 23.7 Å². The number of carbonyl (C=O) groups excluding carboxylic acids is 1. The molecule has 0 aromatic heterocycles. The molecule has 0 aliphatic carbocycles. The predicted octanol–water partition coefficient (Wildman–Crippen LogP) is 3.06. The Hall–Kier alpha value is -2.49. The molecule has 0 bridgehead atoms. The molecule has 3 rings (SSSR count). The highest BCUT2D eigenvalue weighted by atomic mass is 16.5. The number of anilines is 1. The monoisotopic (exact) mass is 297 g/mol.